The van der Waals surface area contributed by atoms with Gasteiger partial charge in [0, 0.05) is 35.1 Å². The van der Waals surface area contributed by atoms with E-state index >= 15 is 0 Å². The van der Waals surface area contributed by atoms with Crippen LogP contribution in [-0.4, -0.2) is 15.9 Å². The van der Waals surface area contributed by atoms with E-state index in [1.54, 1.807) is 36.8 Å². The van der Waals surface area contributed by atoms with Crippen molar-refractivity contribution in [1.82, 2.24) is 9.97 Å². The molecule has 4 aromatic rings. The number of carboxylic acids is 1. The summed E-state index contributed by atoms with van der Waals surface area (Å²) in [6, 6.07) is 19.5. The molecule has 2 heterocycles. The van der Waals surface area contributed by atoms with Gasteiger partial charge in [0.2, 0.25) is 0 Å². The minimum Gasteiger partial charge on any atom is -0.545 e. The molecule has 4 rings (SSSR count). The molecule has 0 radical (unpaired) electrons. The first-order chi connectivity index (χ1) is 14.5. The number of fused-ring (bicyclic) bond motifs is 1. The van der Waals surface area contributed by atoms with E-state index in [2.05, 4.69) is 42.0 Å². The smallest absolute Gasteiger partial charge is 0.0780 e. The number of aromatic nitrogens is 2. The Morgan fingerprint density at radius 2 is 1.77 bits per heavy atom. The van der Waals surface area contributed by atoms with Gasteiger partial charge in [-0.15, -0.1) is 0 Å². The maximum absolute atomic E-state index is 11.7. The fraction of sp³-hybridized carbons (Fsp3) is 0.115. The molecule has 0 unspecified atom stereocenters. The van der Waals surface area contributed by atoms with Gasteiger partial charge in [-0.05, 0) is 70.6 Å². The lowest BCUT2D eigenvalue weighted by Crippen LogP contribution is -2.23. The molecule has 0 amide bonds. The molecule has 148 valence electrons. The second kappa shape index (κ2) is 8.29. The van der Waals surface area contributed by atoms with Crippen molar-refractivity contribution in [3.8, 4) is 11.1 Å². The summed E-state index contributed by atoms with van der Waals surface area (Å²) >= 11 is 0. The van der Waals surface area contributed by atoms with Gasteiger partial charge in [-0.25, -0.2) is 0 Å². The van der Waals surface area contributed by atoms with E-state index in [-0.39, 0.29) is 5.57 Å². The van der Waals surface area contributed by atoms with Crippen LogP contribution in [-0.2, 0) is 4.79 Å². The second-order valence-corrected chi connectivity index (χ2v) is 7.51. The Balaban J connectivity index is 1.86. The maximum atomic E-state index is 11.7. The Morgan fingerprint density at radius 1 is 0.967 bits per heavy atom. The summed E-state index contributed by atoms with van der Waals surface area (Å²) < 4.78 is 0. The van der Waals surface area contributed by atoms with Crippen molar-refractivity contribution < 1.29 is 9.90 Å². The predicted molar refractivity (Wildman–Crippen MR) is 118 cm³/mol. The molecule has 0 aliphatic heterocycles. The van der Waals surface area contributed by atoms with Crippen molar-refractivity contribution in [3.05, 3.63) is 95.9 Å². The van der Waals surface area contributed by atoms with Gasteiger partial charge in [0.05, 0.1) is 11.5 Å². The Hall–Kier alpha value is -3.79. The van der Waals surface area contributed by atoms with Gasteiger partial charge in [0.25, 0.3) is 0 Å². The molecule has 4 nitrogen and oxygen atoms in total. The predicted octanol–water partition coefficient (Wildman–Crippen LogP) is 4.71. The number of carboxylic acid groups (broad SMARTS) is 1. The third-order valence-electron chi connectivity index (χ3n) is 5.11. The van der Waals surface area contributed by atoms with Gasteiger partial charge >= 0.3 is 0 Å². The van der Waals surface area contributed by atoms with Gasteiger partial charge in [-0.1, -0.05) is 38.1 Å². The summed E-state index contributed by atoms with van der Waals surface area (Å²) in [4.78, 5) is 20.3. The molecule has 0 saturated heterocycles. The Morgan fingerprint density at radius 3 is 2.50 bits per heavy atom. The quantitative estimate of drug-likeness (QED) is 0.461. The van der Waals surface area contributed by atoms with Crippen LogP contribution >= 0.6 is 0 Å². The SMILES string of the molecule is CC(C)c1cc(-c2cccc(/C=C(/C(=O)[O-])c3ccncc3)c2)c2ncccc2c1. The van der Waals surface area contributed by atoms with Crippen molar-refractivity contribution in [1.29, 1.82) is 0 Å². The number of hydrogen-bond acceptors (Lipinski definition) is 4. The molecule has 0 atom stereocenters. The van der Waals surface area contributed by atoms with Crippen LogP contribution in [0.2, 0.25) is 0 Å². The molecule has 0 N–H and O–H groups in total. The minimum absolute atomic E-state index is 0.119. The molecule has 0 aliphatic rings. The van der Waals surface area contributed by atoms with Crippen molar-refractivity contribution in [2.24, 2.45) is 0 Å². The molecule has 0 saturated carbocycles. The number of benzene rings is 2. The summed E-state index contributed by atoms with van der Waals surface area (Å²) in [7, 11) is 0. The summed E-state index contributed by atoms with van der Waals surface area (Å²) in [5, 5.41) is 12.8. The number of hydrogen-bond donors (Lipinski definition) is 0. The highest BCUT2D eigenvalue weighted by atomic mass is 16.4. The minimum atomic E-state index is -1.22. The van der Waals surface area contributed by atoms with Crippen LogP contribution in [0.1, 0.15) is 36.5 Å². The van der Waals surface area contributed by atoms with E-state index in [1.807, 2.05) is 30.3 Å². The lowest BCUT2D eigenvalue weighted by atomic mass is 9.93. The van der Waals surface area contributed by atoms with Gasteiger partial charge in [0.15, 0.2) is 0 Å². The average Bonchev–Trinajstić information content (AvgIpc) is 2.77. The average molecular weight is 393 g/mol. The van der Waals surface area contributed by atoms with Crippen LogP contribution < -0.4 is 5.11 Å². The molecule has 0 bridgehead atoms. The largest absolute Gasteiger partial charge is 0.545 e. The lowest BCUT2D eigenvalue weighted by Gasteiger charge is -2.13. The fourth-order valence-electron chi connectivity index (χ4n) is 3.52. The third kappa shape index (κ3) is 3.98. The fourth-order valence-corrected chi connectivity index (χ4v) is 3.52. The highest BCUT2D eigenvalue weighted by molar-refractivity contribution is 6.19. The Labute approximate surface area is 175 Å². The maximum Gasteiger partial charge on any atom is 0.0780 e. The van der Waals surface area contributed by atoms with Gasteiger partial charge in [-0.2, -0.15) is 0 Å². The van der Waals surface area contributed by atoms with E-state index in [1.165, 1.54) is 5.56 Å². The summed E-state index contributed by atoms with van der Waals surface area (Å²) in [5.41, 5.74) is 5.64. The van der Waals surface area contributed by atoms with Crippen molar-refractivity contribution in [2.75, 3.05) is 0 Å². The monoisotopic (exact) mass is 393 g/mol. The number of pyridine rings is 2. The molecular weight excluding hydrogens is 372 g/mol. The van der Waals surface area contributed by atoms with Crippen LogP contribution in [0.15, 0.2) is 79.3 Å². The number of carbonyl (C=O) groups is 1. The van der Waals surface area contributed by atoms with E-state index in [0.717, 1.165) is 27.6 Å². The summed E-state index contributed by atoms with van der Waals surface area (Å²) in [5.74, 6) is -0.840. The zero-order chi connectivity index (χ0) is 21.1. The highest BCUT2D eigenvalue weighted by Gasteiger charge is 2.11. The molecule has 4 heteroatoms. The van der Waals surface area contributed by atoms with Gasteiger partial charge in [0.1, 0.15) is 0 Å². The first-order valence-corrected chi connectivity index (χ1v) is 9.85. The number of aliphatic carboxylic acids is 1. The molecule has 0 fully saturated rings. The summed E-state index contributed by atoms with van der Waals surface area (Å²) in [6.07, 6.45) is 6.56. The zero-order valence-corrected chi connectivity index (χ0v) is 16.9. The molecule has 2 aromatic heterocycles. The first-order valence-electron chi connectivity index (χ1n) is 9.85. The van der Waals surface area contributed by atoms with Crippen LogP contribution in [0.5, 0.6) is 0 Å². The number of rotatable bonds is 5. The van der Waals surface area contributed by atoms with Crippen LogP contribution in [0.4, 0.5) is 0 Å². The Bertz CT molecular complexity index is 1240. The van der Waals surface area contributed by atoms with Gasteiger partial charge < -0.3 is 9.90 Å². The van der Waals surface area contributed by atoms with E-state index in [0.29, 0.717) is 11.5 Å². The van der Waals surface area contributed by atoms with Gasteiger partial charge in [-0.3, -0.25) is 9.97 Å². The number of nitrogens with zero attached hydrogens (tertiary/aromatic N) is 2. The second-order valence-electron chi connectivity index (χ2n) is 7.51. The standard InChI is InChI=1S/C26H22N2O2/c1-17(2)22-15-21-7-4-10-28-25(21)23(16-22)20-6-3-5-18(13-20)14-24(26(29)30)19-8-11-27-12-9-19/h3-17H,1-2H3,(H,29,30)/p-1/b24-14+. The van der Waals surface area contributed by atoms with Crippen molar-refractivity contribution >= 4 is 28.5 Å². The first kappa shape index (κ1) is 19.5. The van der Waals surface area contributed by atoms with Crippen LogP contribution in [0, 0.1) is 0 Å². The van der Waals surface area contributed by atoms with Crippen LogP contribution in [0.25, 0.3) is 33.7 Å². The highest BCUT2D eigenvalue weighted by Crippen LogP contribution is 2.32. The molecule has 2 aromatic carbocycles. The zero-order valence-electron chi connectivity index (χ0n) is 16.9. The van der Waals surface area contributed by atoms with Crippen LogP contribution in [0.3, 0.4) is 0 Å². The number of carbonyl (C=O) groups excluding carboxylic acids is 1. The normalized spacial score (nSPS) is 11.8. The van der Waals surface area contributed by atoms with E-state index < -0.39 is 5.97 Å². The molecule has 0 spiro atoms. The topological polar surface area (TPSA) is 65.9 Å². The molecule has 0 aliphatic carbocycles. The molecular formula is C26H21N2O2-. The van der Waals surface area contributed by atoms with Crippen molar-refractivity contribution in [2.45, 2.75) is 19.8 Å². The van der Waals surface area contributed by atoms with E-state index in [9.17, 15) is 9.90 Å². The van der Waals surface area contributed by atoms with Crippen molar-refractivity contribution in [3.63, 3.8) is 0 Å². The third-order valence-corrected chi connectivity index (χ3v) is 5.11. The van der Waals surface area contributed by atoms with E-state index in [4.69, 9.17) is 0 Å². The Kier molecular flexibility index (Phi) is 5.40. The molecule has 30 heavy (non-hydrogen) atoms. The summed E-state index contributed by atoms with van der Waals surface area (Å²) in [6.45, 7) is 4.34. The lowest BCUT2D eigenvalue weighted by molar-refractivity contribution is -0.295.